The third-order valence-electron chi connectivity index (χ3n) is 8.28. The van der Waals surface area contributed by atoms with Crippen LogP contribution >= 0.6 is 23.1 Å². The highest BCUT2D eigenvalue weighted by molar-refractivity contribution is 8.00. The molecule has 3 amide bonds. The van der Waals surface area contributed by atoms with E-state index in [1.165, 1.54) is 35.1 Å². The summed E-state index contributed by atoms with van der Waals surface area (Å²) < 4.78 is 5.44. The van der Waals surface area contributed by atoms with E-state index in [4.69, 9.17) is 4.74 Å². The molecule has 48 heavy (non-hydrogen) atoms. The van der Waals surface area contributed by atoms with E-state index in [0.29, 0.717) is 39.0 Å². The van der Waals surface area contributed by atoms with Gasteiger partial charge in [-0.2, -0.15) is 5.26 Å². The van der Waals surface area contributed by atoms with E-state index in [1.54, 1.807) is 60.7 Å². The average Bonchev–Trinajstić information content (AvgIpc) is 3.43. The maximum atomic E-state index is 13.6. The molecule has 0 bridgehead atoms. The summed E-state index contributed by atoms with van der Waals surface area (Å²) in [5.41, 5.74) is 3.41. The molecule has 8 nitrogen and oxygen atoms in total. The molecule has 0 aliphatic heterocycles. The molecule has 246 valence electrons. The van der Waals surface area contributed by atoms with Crippen LogP contribution in [0.4, 0.5) is 10.7 Å². The lowest BCUT2D eigenvalue weighted by atomic mass is 9.72. The number of nitrogens with one attached hydrogen (secondary N) is 3. The zero-order valence-corrected chi connectivity index (χ0v) is 29.0. The van der Waals surface area contributed by atoms with Crippen LogP contribution in [0, 0.1) is 22.7 Å². The van der Waals surface area contributed by atoms with Crippen LogP contribution in [-0.4, -0.2) is 30.6 Å². The van der Waals surface area contributed by atoms with E-state index in [0.717, 1.165) is 29.7 Å². The monoisotopic (exact) mass is 678 g/mol. The molecule has 3 aromatic carbocycles. The third kappa shape index (κ3) is 8.54. The molecule has 10 heteroatoms. The lowest BCUT2D eigenvalue weighted by Gasteiger charge is -2.33. The number of para-hydroxylation sites is 1. The van der Waals surface area contributed by atoms with E-state index >= 15 is 0 Å². The molecular formula is C38H38N4O4S2. The maximum Gasteiger partial charge on any atom is 0.272 e. The van der Waals surface area contributed by atoms with Crippen molar-refractivity contribution in [2.75, 3.05) is 23.5 Å². The first-order chi connectivity index (χ1) is 23.0. The summed E-state index contributed by atoms with van der Waals surface area (Å²) in [4.78, 5) is 41.6. The number of ether oxygens (including phenoxy) is 1. The molecule has 3 N–H and O–H groups in total. The minimum Gasteiger partial charge on any atom is -0.496 e. The second-order valence-electron chi connectivity index (χ2n) is 12.6. The number of thiophene rings is 1. The molecule has 1 heterocycles. The van der Waals surface area contributed by atoms with Gasteiger partial charge in [0.15, 0.2) is 0 Å². The van der Waals surface area contributed by atoms with Crippen molar-refractivity contribution < 1.29 is 19.1 Å². The van der Waals surface area contributed by atoms with Crippen molar-refractivity contribution in [3.8, 4) is 11.8 Å². The number of rotatable bonds is 10. The normalized spacial score (nSPS) is 14.3. The molecule has 0 radical (unpaired) electrons. The van der Waals surface area contributed by atoms with Crippen molar-refractivity contribution in [2.45, 2.75) is 44.9 Å². The molecule has 0 saturated heterocycles. The van der Waals surface area contributed by atoms with Gasteiger partial charge in [0, 0.05) is 26.6 Å². The van der Waals surface area contributed by atoms with Gasteiger partial charge in [0.2, 0.25) is 5.91 Å². The Morgan fingerprint density at radius 1 is 1.02 bits per heavy atom. The van der Waals surface area contributed by atoms with Crippen LogP contribution in [-0.2, 0) is 22.4 Å². The number of anilines is 2. The first-order valence-electron chi connectivity index (χ1n) is 15.7. The van der Waals surface area contributed by atoms with Gasteiger partial charge in [0.05, 0.1) is 18.4 Å². The molecule has 5 rings (SSSR count). The lowest BCUT2D eigenvalue weighted by Crippen LogP contribution is -2.30. The zero-order chi connectivity index (χ0) is 34.3. The molecule has 1 aliphatic carbocycles. The Morgan fingerprint density at radius 3 is 2.50 bits per heavy atom. The van der Waals surface area contributed by atoms with Gasteiger partial charge >= 0.3 is 0 Å². The fourth-order valence-corrected chi connectivity index (χ4v) is 7.64. The Hall–Kier alpha value is -4.85. The highest BCUT2D eigenvalue weighted by atomic mass is 32.2. The molecule has 1 aliphatic rings. The number of thioether (sulfide) groups is 1. The Bertz CT molecular complexity index is 1890. The lowest BCUT2D eigenvalue weighted by molar-refractivity contribution is -0.114. The molecule has 4 aromatic rings. The number of carbonyl (C=O) groups excluding carboxylic acids is 3. The topological polar surface area (TPSA) is 120 Å². The van der Waals surface area contributed by atoms with Gasteiger partial charge in [-0.15, -0.1) is 23.1 Å². The van der Waals surface area contributed by atoms with Gasteiger partial charge in [-0.05, 0) is 78.6 Å². The summed E-state index contributed by atoms with van der Waals surface area (Å²) in [5, 5.41) is 19.1. The molecule has 0 fully saturated rings. The Kier molecular flexibility index (Phi) is 11.0. The van der Waals surface area contributed by atoms with E-state index in [-0.39, 0.29) is 22.8 Å². The van der Waals surface area contributed by atoms with E-state index < -0.39 is 11.8 Å². The van der Waals surface area contributed by atoms with Crippen LogP contribution in [0.3, 0.4) is 0 Å². The fraction of sp³-hybridized carbons (Fsp3) is 0.263. The largest absolute Gasteiger partial charge is 0.496 e. The van der Waals surface area contributed by atoms with E-state index in [9.17, 15) is 19.6 Å². The van der Waals surface area contributed by atoms with Crippen LogP contribution < -0.4 is 20.7 Å². The summed E-state index contributed by atoms with van der Waals surface area (Å²) in [6, 6.07) is 25.3. The van der Waals surface area contributed by atoms with Crippen molar-refractivity contribution in [2.24, 2.45) is 11.3 Å². The quantitative estimate of drug-likeness (QED) is 0.116. The molecule has 0 spiro atoms. The average molecular weight is 679 g/mol. The van der Waals surface area contributed by atoms with Crippen molar-refractivity contribution in [1.29, 1.82) is 5.26 Å². The molecule has 1 aromatic heterocycles. The number of amides is 3. The second kappa shape index (κ2) is 15.4. The van der Waals surface area contributed by atoms with Gasteiger partial charge in [-0.1, -0.05) is 63.2 Å². The van der Waals surface area contributed by atoms with Crippen molar-refractivity contribution >= 4 is 57.6 Å². The van der Waals surface area contributed by atoms with Gasteiger partial charge in [0.25, 0.3) is 11.8 Å². The minimum absolute atomic E-state index is 0.0338. The summed E-state index contributed by atoms with van der Waals surface area (Å²) in [6.45, 7) is 6.76. The smallest absolute Gasteiger partial charge is 0.272 e. The van der Waals surface area contributed by atoms with Crippen LogP contribution in [0.15, 0.2) is 89.5 Å². The highest BCUT2D eigenvalue weighted by Crippen LogP contribution is 2.44. The summed E-state index contributed by atoms with van der Waals surface area (Å²) in [5.74, 6) is 0.0538. The third-order valence-corrected chi connectivity index (χ3v) is 10.4. The van der Waals surface area contributed by atoms with Crippen LogP contribution in [0.25, 0.3) is 6.08 Å². The molecular weight excluding hydrogens is 641 g/mol. The van der Waals surface area contributed by atoms with E-state index in [1.807, 2.05) is 24.3 Å². The minimum atomic E-state index is -0.524. The highest BCUT2D eigenvalue weighted by Gasteiger charge is 2.32. The van der Waals surface area contributed by atoms with Gasteiger partial charge < -0.3 is 20.7 Å². The Labute approximate surface area is 289 Å². The molecule has 1 unspecified atom stereocenters. The second-order valence-corrected chi connectivity index (χ2v) is 14.7. The summed E-state index contributed by atoms with van der Waals surface area (Å²) >= 11 is 2.84. The number of hydrogen-bond acceptors (Lipinski definition) is 7. The van der Waals surface area contributed by atoms with Crippen molar-refractivity contribution in [3.63, 3.8) is 0 Å². The zero-order valence-electron chi connectivity index (χ0n) is 27.4. The number of nitrogens with zero attached hydrogens (tertiary/aromatic N) is 1. The van der Waals surface area contributed by atoms with Crippen LogP contribution in [0.1, 0.15) is 59.1 Å². The van der Waals surface area contributed by atoms with Gasteiger partial charge in [0.1, 0.15) is 22.5 Å². The van der Waals surface area contributed by atoms with E-state index in [2.05, 4.69) is 42.8 Å². The molecule has 1 atom stereocenters. The number of nitriles is 1. The standard InChI is InChI=1S/C38H38N4O4S2/c1-38(2,3)26-17-18-29-30(22-39)37(48-33(29)20-26)42-34(43)23-47-28-15-10-14-27(21-28)40-36(45)31(19-25-13-8-9-16-32(25)46-4)41-35(44)24-11-6-5-7-12-24/h5-16,19,21,26H,17-18,20,23H2,1-4H3,(H,40,45)(H,41,44)(H,42,43)/b31-19+. The predicted octanol–water partition coefficient (Wildman–Crippen LogP) is 7.92. The number of fused-ring (bicyclic) bond motifs is 1. The SMILES string of the molecule is COc1ccccc1/C=C(/NC(=O)c1ccccc1)C(=O)Nc1cccc(SCC(=O)Nc2sc3c(c2C#N)CCC(C(C)(C)C)C3)c1. The summed E-state index contributed by atoms with van der Waals surface area (Å²) in [6.07, 6.45) is 4.38. The number of methoxy groups -OCH3 is 1. The van der Waals surface area contributed by atoms with Gasteiger partial charge in [-0.25, -0.2) is 0 Å². The number of hydrogen-bond donors (Lipinski definition) is 3. The number of carbonyl (C=O) groups is 3. The molecule has 0 saturated carbocycles. The van der Waals surface area contributed by atoms with Crippen LogP contribution in [0.5, 0.6) is 5.75 Å². The summed E-state index contributed by atoms with van der Waals surface area (Å²) in [7, 11) is 1.54. The van der Waals surface area contributed by atoms with Crippen molar-refractivity contribution in [1.82, 2.24) is 5.32 Å². The first-order valence-corrected chi connectivity index (χ1v) is 17.5. The predicted molar refractivity (Wildman–Crippen MR) is 193 cm³/mol. The first kappa shape index (κ1) is 34.5. The fourth-order valence-electron chi connectivity index (χ4n) is 5.59. The van der Waals surface area contributed by atoms with Crippen LogP contribution in [0.2, 0.25) is 0 Å². The Morgan fingerprint density at radius 2 is 1.77 bits per heavy atom. The number of benzene rings is 3. The Balaban J connectivity index is 1.26. The maximum absolute atomic E-state index is 13.6. The van der Waals surface area contributed by atoms with Gasteiger partial charge in [-0.3, -0.25) is 14.4 Å². The van der Waals surface area contributed by atoms with Crippen molar-refractivity contribution in [3.05, 3.63) is 112 Å².